The highest BCUT2D eigenvalue weighted by Crippen LogP contribution is 2.16. The highest BCUT2D eigenvalue weighted by atomic mass is 16.7. The van der Waals surface area contributed by atoms with E-state index in [0.717, 1.165) is 13.1 Å². The third-order valence-corrected chi connectivity index (χ3v) is 2.21. The Balaban J connectivity index is 2.41. The van der Waals surface area contributed by atoms with Crippen molar-refractivity contribution in [2.24, 2.45) is 0 Å². The first-order valence-corrected chi connectivity index (χ1v) is 5.90. The lowest BCUT2D eigenvalue weighted by Crippen LogP contribution is -2.50. The fourth-order valence-corrected chi connectivity index (χ4v) is 1.82. The summed E-state index contributed by atoms with van der Waals surface area (Å²) in [6, 6.07) is 0. The molecule has 1 fully saturated rings. The predicted octanol–water partition coefficient (Wildman–Crippen LogP) is 1.23. The summed E-state index contributed by atoms with van der Waals surface area (Å²) in [7, 11) is 0. The minimum atomic E-state index is -0.663. The summed E-state index contributed by atoms with van der Waals surface area (Å²) >= 11 is 0. The molecule has 4 heteroatoms. The zero-order valence-corrected chi connectivity index (χ0v) is 11.1. The van der Waals surface area contributed by atoms with Gasteiger partial charge >= 0.3 is 0 Å². The molecule has 0 saturated carbocycles. The Bertz CT molecular complexity index is 195. The minimum absolute atomic E-state index is 0.184. The number of morpholine rings is 1. The first kappa shape index (κ1) is 13.9. The number of hydrogen-bond donors (Lipinski definition) is 1. The maximum Gasteiger partial charge on any atom is 0.170 e. The van der Waals surface area contributed by atoms with Crippen molar-refractivity contribution in [2.45, 2.75) is 52.1 Å². The van der Waals surface area contributed by atoms with Crippen LogP contribution >= 0.6 is 0 Å². The summed E-state index contributed by atoms with van der Waals surface area (Å²) in [6.45, 7) is 12.6. The van der Waals surface area contributed by atoms with Crippen LogP contribution < -0.4 is 0 Å². The third-order valence-electron chi connectivity index (χ3n) is 2.21. The summed E-state index contributed by atoms with van der Waals surface area (Å²) in [5, 5.41) is 9.77. The summed E-state index contributed by atoms with van der Waals surface area (Å²) in [6.07, 6.45) is -0.184. The van der Waals surface area contributed by atoms with Gasteiger partial charge < -0.3 is 14.6 Å². The van der Waals surface area contributed by atoms with Gasteiger partial charge in [-0.3, -0.25) is 4.90 Å². The van der Waals surface area contributed by atoms with Crippen LogP contribution in [0.3, 0.4) is 0 Å². The van der Waals surface area contributed by atoms with Gasteiger partial charge in [0, 0.05) is 19.6 Å². The van der Waals surface area contributed by atoms with Crippen LogP contribution in [0.1, 0.15) is 34.6 Å². The Labute approximate surface area is 98.5 Å². The molecule has 1 saturated heterocycles. The molecule has 0 unspecified atom stereocenters. The number of β-amino-alcohol motifs (C(OH)–C–C–N with tert-alkyl or cyclic N) is 1. The van der Waals surface area contributed by atoms with Gasteiger partial charge in [-0.05, 0) is 34.6 Å². The molecule has 4 nitrogen and oxygen atoms in total. The molecule has 1 heterocycles. The molecule has 0 radical (unpaired) electrons. The lowest BCUT2D eigenvalue weighted by Gasteiger charge is -2.38. The van der Waals surface area contributed by atoms with Gasteiger partial charge in [0.15, 0.2) is 6.29 Å². The molecule has 0 aromatic rings. The van der Waals surface area contributed by atoms with E-state index in [9.17, 15) is 5.11 Å². The van der Waals surface area contributed by atoms with Gasteiger partial charge in [0.1, 0.15) is 0 Å². The Kier molecular flexibility index (Phi) is 4.35. The van der Waals surface area contributed by atoms with Crippen LogP contribution in [0, 0.1) is 0 Å². The molecule has 1 rings (SSSR count). The van der Waals surface area contributed by atoms with Crippen LogP contribution in [0.25, 0.3) is 0 Å². The quantitative estimate of drug-likeness (QED) is 0.793. The summed E-state index contributed by atoms with van der Waals surface area (Å²) in [5.74, 6) is 0. The fraction of sp³-hybridized carbons (Fsp3) is 1.00. The van der Waals surface area contributed by atoms with Gasteiger partial charge in [-0.25, -0.2) is 0 Å². The van der Waals surface area contributed by atoms with Crippen molar-refractivity contribution >= 4 is 0 Å². The van der Waals surface area contributed by atoms with E-state index >= 15 is 0 Å². The maximum absolute atomic E-state index is 9.77. The molecular formula is C12H25NO3. The highest BCUT2D eigenvalue weighted by molar-refractivity contribution is 4.76. The SMILES string of the molecule is CC(C)(O)CN1CCO[C@@H](OC(C)(C)C)C1. The van der Waals surface area contributed by atoms with E-state index in [-0.39, 0.29) is 11.9 Å². The van der Waals surface area contributed by atoms with E-state index in [1.54, 1.807) is 0 Å². The number of rotatable bonds is 3. The Morgan fingerprint density at radius 1 is 1.31 bits per heavy atom. The molecule has 1 N–H and O–H groups in total. The molecule has 0 bridgehead atoms. The first-order chi connectivity index (χ1) is 7.16. The zero-order valence-electron chi connectivity index (χ0n) is 11.1. The lowest BCUT2D eigenvalue weighted by molar-refractivity contribution is -0.224. The number of ether oxygens (including phenoxy) is 2. The topological polar surface area (TPSA) is 41.9 Å². The normalized spacial score (nSPS) is 24.8. The average molecular weight is 231 g/mol. The van der Waals surface area contributed by atoms with Crippen LogP contribution in [0.2, 0.25) is 0 Å². The first-order valence-electron chi connectivity index (χ1n) is 5.90. The van der Waals surface area contributed by atoms with Gasteiger partial charge in [0.25, 0.3) is 0 Å². The van der Waals surface area contributed by atoms with Crippen molar-refractivity contribution in [1.29, 1.82) is 0 Å². The molecule has 1 aliphatic rings. The van der Waals surface area contributed by atoms with Crippen molar-refractivity contribution in [3.8, 4) is 0 Å². The van der Waals surface area contributed by atoms with Gasteiger partial charge in [-0.2, -0.15) is 0 Å². The molecular weight excluding hydrogens is 206 g/mol. The van der Waals surface area contributed by atoms with E-state index < -0.39 is 5.60 Å². The molecule has 1 atom stereocenters. The van der Waals surface area contributed by atoms with Gasteiger partial charge in [0.2, 0.25) is 0 Å². The van der Waals surface area contributed by atoms with Crippen LogP contribution in [0.5, 0.6) is 0 Å². The summed E-state index contributed by atoms with van der Waals surface area (Å²) in [5.41, 5.74) is -0.855. The second-order valence-corrected chi connectivity index (χ2v) is 6.08. The van der Waals surface area contributed by atoms with Crippen LogP contribution in [-0.2, 0) is 9.47 Å². The number of nitrogens with zero attached hydrogens (tertiary/aromatic N) is 1. The number of aliphatic hydroxyl groups is 1. The molecule has 16 heavy (non-hydrogen) atoms. The van der Waals surface area contributed by atoms with Crippen LogP contribution in [0.4, 0.5) is 0 Å². The Hall–Kier alpha value is -0.160. The predicted molar refractivity (Wildman–Crippen MR) is 63.3 cm³/mol. The second-order valence-electron chi connectivity index (χ2n) is 6.08. The monoisotopic (exact) mass is 231 g/mol. The van der Waals surface area contributed by atoms with Crippen LogP contribution in [0.15, 0.2) is 0 Å². The molecule has 0 aromatic carbocycles. The van der Waals surface area contributed by atoms with Crippen molar-refractivity contribution < 1.29 is 14.6 Å². The second kappa shape index (κ2) is 5.00. The Morgan fingerprint density at radius 2 is 1.94 bits per heavy atom. The third kappa shape index (κ3) is 5.80. The molecule has 0 aromatic heterocycles. The molecule has 96 valence electrons. The maximum atomic E-state index is 9.77. The van der Waals surface area contributed by atoms with Gasteiger partial charge in [-0.15, -0.1) is 0 Å². The summed E-state index contributed by atoms with van der Waals surface area (Å²) < 4.78 is 11.3. The molecule has 0 spiro atoms. The minimum Gasteiger partial charge on any atom is -0.389 e. The molecule has 0 amide bonds. The van der Waals surface area contributed by atoms with Crippen molar-refractivity contribution in [1.82, 2.24) is 4.90 Å². The highest BCUT2D eigenvalue weighted by Gasteiger charge is 2.28. The van der Waals surface area contributed by atoms with E-state index in [1.807, 2.05) is 34.6 Å². The van der Waals surface area contributed by atoms with Crippen molar-refractivity contribution in [3.63, 3.8) is 0 Å². The van der Waals surface area contributed by atoms with E-state index in [2.05, 4.69) is 4.90 Å². The van der Waals surface area contributed by atoms with E-state index in [4.69, 9.17) is 9.47 Å². The Morgan fingerprint density at radius 3 is 2.44 bits per heavy atom. The zero-order chi connectivity index (χ0) is 12.4. The van der Waals surface area contributed by atoms with Crippen molar-refractivity contribution in [2.75, 3.05) is 26.2 Å². The van der Waals surface area contributed by atoms with E-state index in [1.165, 1.54) is 0 Å². The number of hydrogen-bond acceptors (Lipinski definition) is 4. The van der Waals surface area contributed by atoms with Gasteiger partial charge in [-0.1, -0.05) is 0 Å². The fourth-order valence-electron chi connectivity index (χ4n) is 1.82. The average Bonchev–Trinajstić information content (AvgIpc) is 1.96. The lowest BCUT2D eigenvalue weighted by atomic mass is 10.1. The smallest absolute Gasteiger partial charge is 0.170 e. The standard InChI is InChI=1S/C12H25NO3/c1-11(2,3)16-10-8-13(6-7-15-10)9-12(4,5)14/h10,14H,6-9H2,1-5H3/t10-/m0/s1. The molecule has 1 aliphatic heterocycles. The summed E-state index contributed by atoms with van der Waals surface area (Å²) in [4.78, 5) is 2.18. The van der Waals surface area contributed by atoms with Crippen molar-refractivity contribution in [3.05, 3.63) is 0 Å². The van der Waals surface area contributed by atoms with Gasteiger partial charge in [0.05, 0.1) is 17.8 Å². The van der Waals surface area contributed by atoms with E-state index in [0.29, 0.717) is 13.2 Å². The van der Waals surface area contributed by atoms with Crippen LogP contribution in [-0.4, -0.2) is 53.7 Å². The molecule has 0 aliphatic carbocycles. The largest absolute Gasteiger partial charge is 0.389 e.